The summed E-state index contributed by atoms with van der Waals surface area (Å²) in [5.41, 5.74) is 0.876. The van der Waals surface area contributed by atoms with Gasteiger partial charge in [0.25, 0.3) is 5.56 Å². The number of unbranched alkanes of at least 4 members (excludes halogenated alkanes) is 11. The number of aromatic nitrogens is 2. The van der Waals surface area contributed by atoms with E-state index >= 15 is 0 Å². The van der Waals surface area contributed by atoms with Crippen LogP contribution in [0.1, 0.15) is 136 Å². The molecular weight excluding hydrogens is 356 g/mol. The Morgan fingerprint density at radius 2 is 1.38 bits per heavy atom. The van der Waals surface area contributed by atoms with Gasteiger partial charge in [-0.3, -0.25) is 4.79 Å². The SMILES string of the molecule is CCCCCCCCCCCCCc1cc(=O)[nH]c(C(C)(C)C(C)CCCC)n1. The van der Waals surface area contributed by atoms with Crippen LogP contribution in [0.15, 0.2) is 10.9 Å². The van der Waals surface area contributed by atoms with Crippen molar-refractivity contribution in [1.29, 1.82) is 0 Å². The molecule has 29 heavy (non-hydrogen) atoms. The lowest BCUT2D eigenvalue weighted by atomic mass is 9.76. The molecular formula is C26H48N2O. The maximum atomic E-state index is 12.2. The highest BCUT2D eigenvalue weighted by atomic mass is 16.1. The summed E-state index contributed by atoms with van der Waals surface area (Å²) in [6.45, 7) is 11.2. The van der Waals surface area contributed by atoms with Crippen LogP contribution in [-0.4, -0.2) is 9.97 Å². The molecule has 0 aliphatic rings. The summed E-state index contributed by atoms with van der Waals surface area (Å²) in [5.74, 6) is 1.37. The normalized spacial score (nSPS) is 13.0. The summed E-state index contributed by atoms with van der Waals surface area (Å²) < 4.78 is 0. The van der Waals surface area contributed by atoms with Crippen molar-refractivity contribution >= 4 is 0 Å². The first-order valence-corrected chi connectivity index (χ1v) is 12.5. The van der Waals surface area contributed by atoms with Gasteiger partial charge < -0.3 is 4.98 Å². The molecule has 0 aliphatic carbocycles. The molecule has 0 saturated carbocycles. The van der Waals surface area contributed by atoms with E-state index in [1.54, 1.807) is 6.07 Å². The third-order valence-electron chi connectivity index (χ3n) is 6.66. The second kappa shape index (κ2) is 14.8. The van der Waals surface area contributed by atoms with Crippen LogP contribution in [0, 0.1) is 5.92 Å². The molecule has 1 rings (SSSR count). The second-order valence-corrected chi connectivity index (χ2v) is 9.64. The summed E-state index contributed by atoms with van der Waals surface area (Å²) in [5, 5.41) is 0. The van der Waals surface area contributed by atoms with Crippen LogP contribution in [0.25, 0.3) is 0 Å². The Labute approximate surface area is 180 Å². The molecule has 0 fully saturated rings. The summed E-state index contributed by atoms with van der Waals surface area (Å²) in [7, 11) is 0. The van der Waals surface area contributed by atoms with Crippen molar-refractivity contribution in [1.82, 2.24) is 9.97 Å². The van der Waals surface area contributed by atoms with Crippen molar-refractivity contribution in [2.24, 2.45) is 5.92 Å². The van der Waals surface area contributed by atoms with Crippen LogP contribution < -0.4 is 5.56 Å². The standard InChI is InChI=1S/C26H48N2O/c1-6-8-10-11-12-13-14-15-16-17-18-20-23-21-24(29)28-25(27-23)26(4,5)22(3)19-9-7-2/h21-22H,6-20H2,1-5H3,(H,27,28,29). The number of hydrogen-bond donors (Lipinski definition) is 1. The first-order chi connectivity index (χ1) is 13.9. The summed E-state index contributed by atoms with van der Waals surface area (Å²) in [4.78, 5) is 20.1. The summed E-state index contributed by atoms with van der Waals surface area (Å²) >= 11 is 0. The molecule has 0 aliphatic heterocycles. The van der Waals surface area contributed by atoms with Gasteiger partial charge in [-0.15, -0.1) is 0 Å². The monoisotopic (exact) mass is 404 g/mol. The van der Waals surface area contributed by atoms with Gasteiger partial charge in [-0.1, -0.05) is 112 Å². The zero-order chi connectivity index (χ0) is 21.5. The molecule has 3 heteroatoms. The van der Waals surface area contributed by atoms with Gasteiger partial charge in [0.15, 0.2) is 0 Å². The third kappa shape index (κ3) is 10.5. The van der Waals surface area contributed by atoms with Crippen LogP contribution in [0.3, 0.4) is 0 Å². The minimum absolute atomic E-state index is 0.00356. The average Bonchev–Trinajstić information content (AvgIpc) is 2.69. The van der Waals surface area contributed by atoms with Crippen molar-refractivity contribution in [2.75, 3.05) is 0 Å². The number of H-pyrrole nitrogens is 1. The van der Waals surface area contributed by atoms with Crippen molar-refractivity contribution < 1.29 is 0 Å². The van der Waals surface area contributed by atoms with Crippen LogP contribution in [0.2, 0.25) is 0 Å². The van der Waals surface area contributed by atoms with Crippen LogP contribution >= 0.6 is 0 Å². The van der Waals surface area contributed by atoms with E-state index in [0.29, 0.717) is 5.92 Å². The lowest BCUT2D eigenvalue weighted by Gasteiger charge is -2.31. The molecule has 1 aromatic heterocycles. The highest BCUT2D eigenvalue weighted by Crippen LogP contribution is 2.32. The van der Waals surface area contributed by atoms with Crippen molar-refractivity contribution in [3.05, 3.63) is 27.9 Å². The molecule has 168 valence electrons. The van der Waals surface area contributed by atoms with E-state index in [1.807, 2.05) is 0 Å². The lowest BCUT2D eigenvalue weighted by molar-refractivity contribution is 0.300. The van der Waals surface area contributed by atoms with Crippen LogP contribution in [0.4, 0.5) is 0 Å². The summed E-state index contributed by atoms with van der Waals surface area (Å²) in [6.07, 6.45) is 19.3. The largest absolute Gasteiger partial charge is 0.310 e. The molecule has 1 aromatic rings. The molecule has 0 amide bonds. The van der Waals surface area contributed by atoms with E-state index in [-0.39, 0.29) is 11.0 Å². The second-order valence-electron chi connectivity index (χ2n) is 9.64. The Balaban J connectivity index is 2.36. The van der Waals surface area contributed by atoms with Crippen molar-refractivity contribution in [2.45, 2.75) is 136 Å². The quantitative estimate of drug-likeness (QED) is 0.270. The topological polar surface area (TPSA) is 45.8 Å². The number of hydrogen-bond acceptors (Lipinski definition) is 2. The fourth-order valence-corrected chi connectivity index (χ4v) is 4.02. The molecule has 0 aromatic carbocycles. The number of aryl methyl sites for hydroxylation is 1. The predicted octanol–water partition coefficient (Wildman–Crippen LogP) is 7.73. The van der Waals surface area contributed by atoms with Gasteiger partial charge in [0.05, 0.1) is 0 Å². The van der Waals surface area contributed by atoms with E-state index in [9.17, 15) is 4.79 Å². The first kappa shape index (κ1) is 25.9. The van der Waals surface area contributed by atoms with E-state index in [1.165, 1.54) is 83.5 Å². The fourth-order valence-electron chi connectivity index (χ4n) is 4.02. The Hall–Kier alpha value is -1.12. The van der Waals surface area contributed by atoms with E-state index in [2.05, 4.69) is 39.6 Å². The molecule has 0 saturated heterocycles. The molecule has 1 N–H and O–H groups in total. The van der Waals surface area contributed by atoms with Gasteiger partial charge in [0.2, 0.25) is 0 Å². The Morgan fingerprint density at radius 3 is 1.93 bits per heavy atom. The van der Waals surface area contributed by atoms with Crippen LogP contribution in [0.5, 0.6) is 0 Å². The molecule has 3 nitrogen and oxygen atoms in total. The lowest BCUT2D eigenvalue weighted by Crippen LogP contribution is -2.32. The molecule has 1 heterocycles. The third-order valence-corrected chi connectivity index (χ3v) is 6.66. The van der Waals surface area contributed by atoms with E-state index < -0.39 is 0 Å². The molecule has 1 unspecified atom stereocenters. The van der Waals surface area contributed by atoms with Crippen molar-refractivity contribution in [3.63, 3.8) is 0 Å². The highest BCUT2D eigenvalue weighted by Gasteiger charge is 2.30. The Bertz CT molecular complexity index is 591. The van der Waals surface area contributed by atoms with E-state index in [4.69, 9.17) is 4.98 Å². The summed E-state index contributed by atoms with van der Waals surface area (Å²) in [6, 6.07) is 1.70. The zero-order valence-electron chi connectivity index (χ0n) is 20.1. The number of nitrogens with one attached hydrogen (secondary N) is 1. The molecule has 1 atom stereocenters. The number of aromatic amines is 1. The van der Waals surface area contributed by atoms with Gasteiger partial charge in [-0.25, -0.2) is 4.98 Å². The minimum Gasteiger partial charge on any atom is -0.310 e. The number of rotatable bonds is 17. The maximum absolute atomic E-state index is 12.2. The zero-order valence-corrected chi connectivity index (χ0v) is 20.1. The Kier molecular flexibility index (Phi) is 13.2. The van der Waals surface area contributed by atoms with Gasteiger partial charge in [-0.2, -0.15) is 0 Å². The molecule has 0 radical (unpaired) electrons. The Morgan fingerprint density at radius 1 is 0.862 bits per heavy atom. The first-order valence-electron chi connectivity index (χ1n) is 12.5. The average molecular weight is 405 g/mol. The fraction of sp³-hybridized carbons (Fsp3) is 0.846. The number of nitrogens with zero attached hydrogens (tertiary/aromatic N) is 1. The van der Waals surface area contributed by atoms with Crippen molar-refractivity contribution in [3.8, 4) is 0 Å². The molecule has 0 bridgehead atoms. The van der Waals surface area contributed by atoms with Crippen LogP contribution in [-0.2, 0) is 11.8 Å². The van der Waals surface area contributed by atoms with E-state index in [0.717, 1.165) is 24.4 Å². The van der Waals surface area contributed by atoms with Gasteiger partial charge in [-0.05, 0) is 25.2 Å². The maximum Gasteiger partial charge on any atom is 0.251 e. The smallest absolute Gasteiger partial charge is 0.251 e. The van der Waals surface area contributed by atoms with Gasteiger partial charge in [0.1, 0.15) is 5.82 Å². The molecule has 0 spiro atoms. The highest BCUT2D eigenvalue weighted by molar-refractivity contribution is 5.11. The van der Waals surface area contributed by atoms with Gasteiger partial charge >= 0.3 is 0 Å². The van der Waals surface area contributed by atoms with Gasteiger partial charge in [0, 0.05) is 17.2 Å². The predicted molar refractivity (Wildman–Crippen MR) is 127 cm³/mol. The minimum atomic E-state index is -0.0958.